The third-order valence-electron chi connectivity index (χ3n) is 2.86. The number of para-hydroxylation sites is 1. The zero-order valence-electron chi connectivity index (χ0n) is 11.8. The predicted molar refractivity (Wildman–Crippen MR) is 72.8 cm³/mol. The Morgan fingerprint density at radius 1 is 1.37 bits per heavy atom. The lowest BCUT2D eigenvalue weighted by molar-refractivity contribution is 0.0765. The highest BCUT2D eigenvalue weighted by molar-refractivity contribution is 5.97. The fourth-order valence-electron chi connectivity index (χ4n) is 1.74. The number of rotatable bonds is 6. The van der Waals surface area contributed by atoms with Crippen LogP contribution in [0.1, 0.15) is 23.7 Å². The molecule has 0 aliphatic rings. The van der Waals surface area contributed by atoms with E-state index in [2.05, 4.69) is 0 Å². The van der Waals surface area contributed by atoms with E-state index in [1.165, 1.54) is 14.2 Å². The highest BCUT2D eigenvalue weighted by atomic mass is 16.5. The topological polar surface area (TPSA) is 59.0 Å². The first-order valence-corrected chi connectivity index (χ1v) is 6.15. The number of aliphatic hydroxyl groups is 1. The molecule has 1 rings (SSSR count). The molecular weight excluding hydrogens is 246 g/mol. The van der Waals surface area contributed by atoms with E-state index in [4.69, 9.17) is 9.47 Å². The number of ether oxygens (including phenoxy) is 2. The van der Waals surface area contributed by atoms with E-state index < -0.39 is 6.10 Å². The van der Waals surface area contributed by atoms with Gasteiger partial charge in [-0.15, -0.1) is 0 Å². The molecule has 0 radical (unpaired) electrons. The Balaban J connectivity index is 2.92. The molecule has 0 saturated carbocycles. The SMILES string of the molecule is COc1cccc(C(=O)N(C)CCC(C)O)c1OC. The van der Waals surface area contributed by atoms with Gasteiger partial charge in [-0.25, -0.2) is 0 Å². The van der Waals surface area contributed by atoms with Crippen LogP contribution in [0.3, 0.4) is 0 Å². The molecule has 0 bridgehead atoms. The van der Waals surface area contributed by atoms with Gasteiger partial charge in [-0.1, -0.05) is 6.07 Å². The molecule has 0 fully saturated rings. The van der Waals surface area contributed by atoms with Crippen LogP contribution in [-0.2, 0) is 0 Å². The molecule has 0 aliphatic heterocycles. The summed E-state index contributed by atoms with van der Waals surface area (Å²) in [5, 5.41) is 9.25. The maximum Gasteiger partial charge on any atom is 0.257 e. The molecular formula is C14H21NO4. The molecule has 5 nitrogen and oxygen atoms in total. The number of hydrogen-bond acceptors (Lipinski definition) is 4. The van der Waals surface area contributed by atoms with Gasteiger partial charge >= 0.3 is 0 Å². The number of benzene rings is 1. The van der Waals surface area contributed by atoms with Crippen molar-refractivity contribution in [3.05, 3.63) is 23.8 Å². The van der Waals surface area contributed by atoms with Crippen LogP contribution in [0.4, 0.5) is 0 Å². The van der Waals surface area contributed by atoms with Crippen molar-refractivity contribution in [2.45, 2.75) is 19.4 Å². The lowest BCUT2D eigenvalue weighted by Gasteiger charge is -2.20. The molecule has 1 aromatic rings. The second kappa shape index (κ2) is 6.99. The lowest BCUT2D eigenvalue weighted by atomic mass is 10.1. The first kappa shape index (κ1) is 15.3. The summed E-state index contributed by atoms with van der Waals surface area (Å²) in [5.74, 6) is 0.799. The molecule has 1 amide bonds. The number of methoxy groups -OCH3 is 2. The van der Waals surface area contributed by atoms with Gasteiger partial charge in [0.25, 0.3) is 5.91 Å². The average Bonchev–Trinajstić information content (AvgIpc) is 2.42. The van der Waals surface area contributed by atoms with E-state index in [-0.39, 0.29) is 5.91 Å². The van der Waals surface area contributed by atoms with Gasteiger partial charge in [0.1, 0.15) is 0 Å². The molecule has 1 unspecified atom stereocenters. The van der Waals surface area contributed by atoms with Crippen LogP contribution >= 0.6 is 0 Å². The number of carbonyl (C=O) groups excluding carboxylic acids is 1. The van der Waals surface area contributed by atoms with Gasteiger partial charge in [-0.3, -0.25) is 4.79 Å². The van der Waals surface area contributed by atoms with Gasteiger partial charge in [0.15, 0.2) is 11.5 Å². The van der Waals surface area contributed by atoms with Crippen molar-refractivity contribution < 1.29 is 19.4 Å². The summed E-state index contributed by atoms with van der Waals surface area (Å²) < 4.78 is 10.4. The van der Waals surface area contributed by atoms with Crippen LogP contribution in [-0.4, -0.2) is 49.8 Å². The van der Waals surface area contributed by atoms with Crippen LogP contribution in [0.15, 0.2) is 18.2 Å². The average molecular weight is 267 g/mol. The fraction of sp³-hybridized carbons (Fsp3) is 0.500. The smallest absolute Gasteiger partial charge is 0.257 e. The second-order valence-corrected chi connectivity index (χ2v) is 4.41. The van der Waals surface area contributed by atoms with E-state index in [9.17, 15) is 9.90 Å². The summed E-state index contributed by atoms with van der Waals surface area (Å²) in [6.07, 6.45) is 0.108. The Kier molecular flexibility index (Phi) is 5.63. The van der Waals surface area contributed by atoms with Crippen molar-refractivity contribution in [2.24, 2.45) is 0 Å². The van der Waals surface area contributed by atoms with E-state index in [1.54, 1.807) is 37.1 Å². The van der Waals surface area contributed by atoms with Crippen LogP contribution in [0.2, 0.25) is 0 Å². The molecule has 0 spiro atoms. The Morgan fingerprint density at radius 2 is 2.05 bits per heavy atom. The molecule has 5 heteroatoms. The largest absolute Gasteiger partial charge is 0.493 e. The van der Waals surface area contributed by atoms with Gasteiger partial charge in [0.05, 0.1) is 25.9 Å². The van der Waals surface area contributed by atoms with E-state index in [0.29, 0.717) is 30.0 Å². The second-order valence-electron chi connectivity index (χ2n) is 4.41. The molecule has 19 heavy (non-hydrogen) atoms. The number of amides is 1. The van der Waals surface area contributed by atoms with Crippen LogP contribution in [0.25, 0.3) is 0 Å². The van der Waals surface area contributed by atoms with Crippen molar-refractivity contribution in [1.29, 1.82) is 0 Å². The van der Waals surface area contributed by atoms with Gasteiger partial charge in [0, 0.05) is 13.6 Å². The Morgan fingerprint density at radius 3 is 2.58 bits per heavy atom. The van der Waals surface area contributed by atoms with Gasteiger partial charge in [0.2, 0.25) is 0 Å². The quantitative estimate of drug-likeness (QED) is 0.849. The zero-order chi connectivity index (χ0) is 14.4. The maximum atomic E-state index is 12.3. The minimum atomic E-state index is -0.428. The van der Waals surface area contributed by atoms with Gasteiger partial charge in [-0.05, 0) is 25.5 Å². The van der Waals surface area contributed by atoms with Crippen LogP contribution < -0.4 is 9.47 Å². The van der Waals surface area contributed by atoms with Crippen molar-refractivity contribution in [1.82, 2.24) is 4.90 Å². The first-order chi connectivity index (χ1) is 9.01. The molecule has 0 aromatic heterocycles. The van der Waals surface area contributed by atoms with Crippen molar-refractivity contribution >= 4 is 5.91 Å². The fourth-order valence-corrected chi connectivity index (χ4v) is 1.74. The summed E-state index contributed by atoms with van der Waals surface area (Å²) in [4.78, 5) is 13.9. The third kappa shape index (κ3) is 3.86. The molecule has 0 heterocycles. The molecule has 0 aliphatic carbocycles. The van der Waals surface area contributed by atoms with Gasteiger partial charge < -0.3 is 19.5 Å². The molecule has 0 saturated heterocycles. The standard InChI is InChI=1S/C14H21NO4/c1-10(16)8-9-15(2)14(17)11-6-5-7-12(18-3)13(11)19-4/h5-7,10,16H,8-9H2,1-4H3. The summed E-state index contributed by atoms with van der Waals surface area (Å²) in [5.41, 5.74) is 0.454. The summed E-state index contributed by atoms with van der Waals surface area (Å²) in [6, 6.07) is 5.19. The van der Waals surface area contributed by atoms with E-state index in [0.717, 1.165) is 0 Å². The first-order valence-electron chi connectivity index (χ1n) is 6.15. The zero-order valence-corrected chi connectivity index (χ0v) is 11.8. The maximum absolute atomic E-state index is 12.3. The van der Waals surface area contributed by atoms with Crippen molar-refractivity contribution in [3.63, 3.8) is 0 Å². The van der Waals surface area contributed by atoms with Crippen molar-refractivity contribution in [3.8, 4) is 11.5 Å². The van der Waals surface area contributed by atoms with Crippen molar-refractivity contribution in [2.75, 3.05) is 27.8 Å². The number of hydrogen-bond donors (Lipinski definition) is 1. The van der Waals surface area contributed by atoms with Gasteiger partial charge in [-0.2, -0.15) is 0 Å². The molecule has 1 aromatic carbocycles. The lowest BCUT2D eigenvalue weighted by Crippen LogP contribution is -2.29. The molecule has 1 N–H and O–H groups in total. The van der Waals surface area contributed by atoms with Crippen LogP contribution in [0.5, 0.6) is 11.5 Å². The Bertz CT molecular complexity index is 431. The normalized spacial score (nSPS) is 11.8. The minimum Gasteiger partial charge on any atom is -0.493 e. The summed E-state index contributed by atoms with van der Waals surface area (Å²) >= 11 is 0. The Labute approximate surface area is 113 Å². The van der Waals surface area contributed by atoms with E-state index >= 15 is 0 Å². The monoisotopic (exact) mass is 267 g/mol. The van der Waals surface area contributed by atoms with Crippen LogP contribution in [0, 0.1) is 0 Å². The van der Waals surface area contributed by atoms with E-state index in [1.807, 2.05) is 0 Å². The summed E-state index contributed by atoms with van der Waals surface area (Å²) in [6.45, 7) is 2.18. The third-order valence-corrected chi connectivity index (χ3v) is 2.86. The number of carbonyl (C=O) groups is 1. The highest BCUT2D eigenvalue weighted by Gasteiger charge is 2.19. The Hall–Kier alpha value is -1.75. The minimum absolute atomic E-state index is 0.156. The number of aliphatic hydroxyl groups excluding tert-OH is 1. The predicted octanol–water partition coefficient (Wildman–Crippen LogP) is 1.55. The summed E-state index contributed by atoms with van der Waals surface area (Å²) in [7, 11) is 4.73. The molecule has 1 atom stereocenters. The highest BCUT2D eigenvalue weighted by Crippen LogP contribution is 2.31. The number of nitrogens with zero attached hydrogens (tertiary/aromatic N) is 1. The molecule has 106 valence electrons.